The molecule has 0 fully saturated rings. The summed E-state index contributed by atoms with van der Waals surface area (Å²) in [5.41, 5.74) is 0. The first-order chi connectivity index (χ1) is 7.67. The molecule has 0 aliphatic carbocycles. The molecule has 2 atom stereocenters. The largest absolute Gasteiger partial charge is 0.454 e. The Bertz CT molecular complexity index is 207. The standard InChI is InChI=1S/C12H28Cl2OSi2/c1-7-9-11(13)17(6,12(14)10-8-2)15-16(3,4)5/h11-12H,7-10H2,1-6H3. The fourth-order valence-electron chi connectivity index (χ4n) is 2.06. The van der Waals surface area contributed by atoms with Gasteiger partial charge in [-0.2, -0.15) is 0 Å². The van der Waals surface area contributed by atoms with Gasteiger partial charge in [0.1, 0.15) is 0 Å². The number of hydrogen-bond donors (Lipinski definition) is 0. The predicted octanol–water partition coefficient (Wildman–Crippen LogP) is 5.31. The molecule has 0 aromatic heterocycles. The van der Waals surface area contributed by atoms with Crippen molar-refractivity contribution >= 4 is 39.8 Å². The van der Waals surface area contributed by atoms with Crippen LogP contribution in [0.1, 0.15) is 39.5 Å². The van der Waals surface area contributed by atoms with Gasteiger partial charge in [0, 0.05) is 0 Å². The summed E-state index contributed by atoms with van der Waals surface area (Å²) in [6.07, 6.45) is 4.23. The lowest BCUT2D eigenvalue weighted by atomic mass is 10.4. The first-order valence-corrected chi connectivity index (χ1v) is 13.5. The van der Waals surface area contributed by atoms with E-state index in [1.54, 1.807) is 0 Å². The second-order valence-electron chi connectivity index (χ2n) is 5.91. The quantitative estimate of drug-likeness (QED) is 0.436. The third-order valence-corrected chi connectivity index (χ3v) is 13.2. The first-order valence-electron chi connectivity index (χ1n) is 6.65. The Hall–Kier alpha value is 0.974. The summed E-state index contributed by atoms with van der Waals surface area (Å²) in [5.74, 6) is 0. The zero-order chi connectivity index (χ0) is 13.7. The minimum Gasteiger partial charge on any atom is -0.454 e. The van der Waals surface area contributed by atoms with Crippen molar-refractivity contribution in [3.05, 3.63) is 0 Å². The number of hydrogen-bond acceptors (Lipinski definition) is 1. The van der Waals surface area contributed by atoms with E-state index in [9.17, 15) is 0 Å². The van der Waals surface area contributed by atoms with Crippen LogP contribution >= 0.6 is 23.2 Å². The van der Waals surface area contributed by atoms with Crippen molar-refractivity contribution in [3.63, 3.8) is 0 Å². The van der Waals surface area contributed by atoms with Crippen LogP contribution in [0.15, 0.2) is 0 Å². The molecule has 0 saturated carbocycles. The van der Waals surface area contributed by atoms with E-state index in [4.69, 9.17) is 27.3 Å². The molecule has 1 nitrogen and oxygen atoms in total. The third kappa shape index (κ3) is 6.10. The van der Waals surface area contributed by atoms with Gasteiger partial charge in [-0.15, -0.1) is 23.2 Å². The van der Waals surface area contributed by atoms with Gasteiger partial charge in [0.15, 0.2) is 8.32 Å². The minimum atomic E-state index is -2.04. The number of alkyl halides is 2. The highest BCUT2D eigenvalue weighted by atomic mass is 35.5. The van der Waals surface area contributed by atoms with Gasteiger partial charge in [-0.25, -0.2) is 0 Å². The lowest BCUT2D eigenvalue weighted by Gasteiger charge is -2.40. The van der Waals surface area contributed by atoms with Crippen molar-refractivity contribution in [2.24, 2.45) is 0 Å². The van der Waals surface area contributed by atoms with E-state index in [0.717, 1.165) is 25.7 Å². The normalized spacial score (nSPS) is 19.8. The molecule has 0 spiro atoms. The number of rotatable bonds is 8. The Balaban J connectivity index is 4.91. The van der Waals surface area contributed by atoms with E-state index in [1.807, 2.05) is 0 Å². The van der Waals surface area contributed by atoms with Crippen molar-refractivity contribution in [1.82, 2.24) is 0 Å². The van der Waals surface area contributed by atoms with Crippen LogP contribution in [0.2, 0.25) is 26.2 Å². The maximum absolute atomic E-state index is 6.60. The summed E-state index contributed by atoms with van der Waals surface area (Å²) in [6, 6.07) is 0. The van der Waals surface area contributed by atoms with E-state index in [1.165, 1.54) is 0 Å². The minimum absolute atomic E-state index is 0.133. The molecule has 0 amide bonds. The monoisotopic (exact) mass is 314 g/mol. The van der Waals surface area contributed by atoms with Crippen LogP contribution in [0.3, 0.4) is 0 Å². The molecule has 0 rings (SSSR count). The summed E-state index contributed by atoms with van der Waals surface area (Å²) in [7, 11) is -3.62. The average Bonchev–Trinajstić information content (AvgIpc) is 2.15. The lowest BCUT2D eigenvalue weighted by molar-refractivity contribution is 0.515. The van der Waals surface area contributed by atoms with Gasteiger partial charge in [-0.05, 0) is 39.0 Å². The molecule has 0 bridgehead atoms. The fraction of sp³-hybridized carbons (Fsp3) is 1.00. The van der Waals surface area contributed by atoms with Crippen LogP contribution in [-0.4, -0.2) is 26.6 Å². The Kier molecular flexibility index (Phi) is 7.97. The second kappa shape index (κ2) is 7.54. The van der Waals surface area contributed by atoms with Gasteiger partial charge in [-0.1, -0.05) is 26.7 Å². The van der Waals surface area contributed by atoms with E-state index in [0.29, 0.717) is 0 Å². The topological polar surface area (TPSA) is 9.23 Å². The summed E-state index contributed by atoms with van der Waals surface area (Å²) in [6.45, 7) is 13.2. The molecule has 0 aliphatic heterocycles. The summed E-state index contributed by atoms with van der Waals surface area (Å²) in [5, 5.41) is 0.265. The molecule has 0 N–H and O–H groups in total. The summed E-state index contributed by atoms with van der Waals surface area (Å²) >= 11 is 13.2. The molecule has 104 valence electrons. The molecule has 2 unspecified atom stereocenters. The Morgan fingerprint density at radius 3 is 1.47 bits per heavy atom. The van der Waals surface area contributed by atoms with Crippen LogP contribution in [0.5, 0.6) is 0 Å². The maximum Gasteiger partial charge on any atom is 0.212 e. The van der Waals surface area contributed by atoms with Gasteiger partial charge in [-0.3, -0.25) is 0 Å². The fourth-order valence-corrected chi connectivity index (χ4v) is 12.8. The third-order valence-electron chi connectivity index (χ3n) is 2.85. The van der Waals surface area contributed by atoms with Crippen molar-refractivity contribution in [1.29, 1.82) is 0 Å². The molecule has 0 aromatic rings. The lowest BCUT2D eigenvalue weighted by Crippen LogP contribution is -2.58. The van der Waals surface area contributed by atoms with Crippen LogP contribution < -0.4 is 0 Å². The molecule has 0 aromatic carbocycles. The highest BCUT2D eigenvalue weighted by Crippen LogP contribution is 2.32. The zero-order valence-electron chi connectivity index (χ0n) is 12.1. The van der Waals surface area contributed by atoms with Gasteiger partial charge >= 0.3 is 0 Å². The Morgan fingerprint density at radius 1 is 0.882 bits per heavy atom. The van der Waals surface area contributed by atoms with E-state index in [2.05, 4.69) is 40.0 Å². The van der Waals surface area contributed by atoms with Gasteiger partial charge in [0.2, 0.25) is 8.32 Å². The van der Waals surface area contributed by atoms with Crippen LogP contribution in [0.4, 0.5) is 0 Å². The van der Waals surface area contributed by atoms with Gasteiger partial charge in [0.05, 0.1) is 10.0 Å². The Morgan fingerprint density at radius 2 is 1.24 bits per heavy atom. The first kappa shape index (κ1) is 18.0. The SMILES string of the molecule is CCCC(Cl)[Si](C)(O[Si](C)(C)C)C(Cl)CCC. The van der Waals surface area contributed by atoms with Gasteiger partial charge in [0.25, 0.3) is 0 Å². The van der Waals surface area contributed by atoms with Crippen LogP contribution in [-0.2, 0) is 4.12 Å². The van der Waals surface area contributed by atoms with E-state index >= 15 is 0 Å². The summed E-state index contributed by atoms with van der Waals surface area (Å²) < 4.78 is 6.47. The molecule has 0 heterocycles. The predicted molar refractivity (Wildman–Crippen MR) is 85.1 cm³/mol. The van der Waals surface area contributed by atoms with Crippen LogP contribution in [0.25, 0.3) is 0 Å². The smallest absolute Gasteiger partial charge is 0.212 e. The van der Waals surface area contributed by atoms with Crippen molar-refractivity contribution < 1.29 is 4.12 Å². The van der Waals surface area contributed by atoms with Gasteiger partial charge < -0.3 is 4.12 Å². The highest BCUT2D eigenvalue weighted by molar-refractivity contribution is 6.93. The van der Waals surface area contributed by atoms with Crippen molar-refractivity contribution in [2.45, 2.75) is 75.7 Å². The van der Waals surface area contributed by atoms with Crippen LogP contribution in [0, 0.1) is 0 Å². The molecular weight excluding hydrogens is 287 g/mol. The molecule has 0 saturated heterocycles. The van der Waals surface area contributed by atoms with Crippen molar-refractivity contribution in [3.8, 4) is 0 Å². The molecule has 0 radical (unpaired) electrons. The highest BCUT2D eigenvalue weighted by Gasteiger charge is 2.46. The number of halogens is 2. The molecular formula is C12H28Cl2OSi2. The second-order valence-corrected chi connectivity index (χ2v) is 16.5. The van der Waals surface area contributed by atoms with Crippen molar-refractivity contribution in [2.75, 3.05) is 0 Å². The molecule has 5 heteroatoms. The Labute approximate surface area is 119 Å². The average molecular weight is 315 g/mol. The maximum atomic E-state index is 6.60. The molecule has 17 heavy (non-hydrogen) atoms. The van der Waals surface area contributed by atoms with E-state index in [-0.39, 0.29) is 10.0 Å². The zero-order valence-corrected chi connectivity index (χ0v) is 15.7. The molecule has 0 aliphatic rings. The summed E-state index contributed by atoms with van der Waals surface area (Å²) in [4.78, 5) is 0. The van der Waals surface area contributed by atoms with E-state index < -0.39 is 16.6 Å².